The fourth-order valence-electron chi connectivity index (χ4n) is 7.25. The standard InChI is InChI=1S/C43H29N3S/c1-3-17-34(18-4-1)43(35-19-5-2-6-20-35)37-22-9-11-24-39(37)46(40-25-12-10-23-38(40)43)36-21-13-16-33(29-36)42-44-41(45-47-42)32-27-26-30-14-7-8-15-31(30)28-32/h1-29H. The van der Waals surface area contributed by atoms with E-state index in [2.05, 4.69) is 181 Å². The van der Waals surface area contributed by atoms with Crippen LogP contribution < -0.4 is 4.90 Å². The molecule has 1 aliphatic rings. The molecule has 1 aliphatic heterocycles. The highest BCUT2D eigenvalue weighted by molar-refractivity contribution is 7.09. The lowest BCUT2D eigenvalue weighted by Crippen LogP contribution is -2.37. The van der Waals surface area contributed by atoms with Crippen LogP contribution in [0.3, 0.4) is 0 Å². The van der Waals surface area contributed by atoms with Gasteiger partial charge >= 0.3 is 0 Å². The van der Waals surface area contributed by atoms with Crippen LogP contribution in [0.25, 0.3) is 32.7 Å². The third kappa shape index (κ3) is 4.41. The molecule has 0 spiro atoms. The molecule has 0 aliphatic carbocycles. The number of hydrogen-bond donors (Lipinski definition) is 0. The van der Waals surface area contributed by atoms with E-state index in [1.54, 1.807) is 0 Å². The van der Waals surface area contributed by atoms with Crippen molar-refractivity contribution in [2.45, 2.75) is 5.41 Å². The average Bonchev–Trinajstić information content (AvgIpc) is 3.65. The number of aromatic nitrogens is 2. The van der Waals surface area contributed by atoms with E-state index in [1.807, 2.05) is 0 Å². The molecule has 2 heterocycles. The average molecular weight is 620 g/mol. The van der Waals surface area contributed by atoms with Crippen molar-refractivity contribution in [3.63, 3.8) is 0 Å². The van der Waals surface area contributed by atoms with E-state index >= 15 is 0 Å². The quantitative estimate of drug-likeness (QED) is 0.192. The first-order chi connectivity index (χ1) is 23.3. The Bertz CT molecular complexity index is 2290. The van der Waals surface area contributed by atoms with Crippen LogP contribution in [0.4, 0.5) is 17.1 Å². The maximum absolute atomic E-state index is 5.02. The van der Waals surface area contributed by atoms with Crippen molar-refractivity contribution in [1.29, 1.82) is 0 Å². The van der Waals surface area contributed by atoms with Gasteiger partial charge in [0.15, 0.2) is 5.82 Å². The summed E-state index contributed by atoms with van der Waals surface area (Å²) in [5.41, 5.74) is 9.97. The first kappa shape index (κ1) is 27.5. The van der Waals surface area contributed by atoms with Gasteiger partial charge in [-0.15, -0.1) is 0 Å². The lowest BCUT2D eigenvalue weighted by atomic mass is 9.62. The summed E-state index contributed by atoms with van der Waals surface area (Å²) in [6, 6.07) is 63.1. The summed E-state index contributed by atoms with van der Waals surface area (Å²) in [4.78, 5) is 7.43. The van der Waals surface area contributed by atoms with Crippen molar-refractivity contribution >= 4 is 39.4 Å². The molecule has 7 aromatic carbocycles. The summed E-state index contributed by atoms with van der Waals surface area (Å²) in [5.74, 6) is 0.755. The van der Waals surface area contributed by atoms with Gasteiger partial charge in [0, 0.05) is 16.8 Å². The maximum Gasteiger partial charge on any atom is 0.173 e. The number of rotatable bonds is 5. The molecule has 1 aromatic heterocycles. The van der Waals surface area contributed by atoms with E-state index in [1.165, 1.54) is 44.6 Å². The van der Waals surface area contributed by atoms with Crippen LogP contribution in [-0.4, -0.2) is 9.36 Å². The molecule has 0 saturated carbocycles. The zero-order valence-corrected chi connectivity index (χ0v) is 26.3. The maximum atomic E-state index is 5.02. The summed E-state index contributed by atoms with van der Waals surface area (Å²) in [5, 5.41) is 3.30. The van der Waals surface area contributed by atoms with Gasteiger partial charge in [-0.3, -0.25) is 0 Å². The first-order valence-corrected chi connectivity index (χ1v) is 16.6. The second-order valence-corrected chi connectivity index (χ2v) is 12.6. The van der Waals surface area contributed by atoms with E-state index < -0.39 is 5.41 Å². The second kappa shape index (κ2) is 11.2. The van der Waals surface area contributed by atoms with E-state index in [4.69, 9.17) is 9.36 Å². The van der Waals surface area contributed by atoms with Crippen LogP contribution in [-0.2, 0) is 5.41 Å². The summed E-state index contributed by atoms with van der Waals surface area (Å²) >= 11 is 1.44. The minimum Gasteiger partial charge on any atom is -0.310 e. The molecule has 47 heavy (non-hydrogen) atoms. The van der Waals surface area contributed by atoms with Crippen LogP contribution >= 0.6 is 11.5 Å². The summed E-state index contributed by atoms with van der Waals surface area (Å²) in [6.45, 7) is 0. The lowest BCUT2D eigenvalue weighted by molar-refractivity contribution is 0.731. The van der Waals surface area contributed by atoms with Crippen LogP contribution in [0, 0.1) is 0 Å². The van der Waals surface area contributed by atoms with Gasteiger partial charge in [0.05, 0.1) is 16.8 Å². The molecule has 0 N–H and O–H groups in total. The molecule has 3 nitrogen and oxygen atoms in total. The van der Waals surface area contributed by atoms with Gasteiger partial charge in [0.25, 0.3) is 0 Å². The molecule has 0 radical (unpaired) electrons. The Kier molecular flexibility index (Phi) is 6.54. The molecule has 8 aromatic rings. The van der Waals surface area contributed by atoms with Crippen molar-refractivity contribution < 1.29 is 0 Å². The van der Waals surface area contributed by atoms with E-state index in [9.17, 15) is 0 Å². The second-order valence-electron chi connectivity index (χ2n) is 11.9. The van der Waals surface area contributed by atoms with Crippen LogP contribution in [0.5, 0.6) is 0 Å². The monoisotopic (exact) mass is 619 g/mol. The van der Waals surface area contributed by atoms with Gasteiger partial charge in [0.2, 0.25) is 0 Å². The van der Waals surface area contributed by atoms with E-state index in [0.717, 1.165) is 39.0 Å². The zero-order chi connectivity index (χ0) is 31.2. The number of fused-ring (bicyclic) bond motifs is 3. The number of para-hydroxylation sites is 2. The molecule has 0 amide bonds. The fourth-order valence-corrected chi connectivity index (χ4v) is 7.93. The van der Waals surface area contributed by atoms with Gasteiger partial charge in [0.1, 0.15) is 5.01 Å². The van der Waals surface area contributed by atoms with Crippen LogP contribution in [0.15, 0.2) is 176 Å². The largest absolute Gasteiger partial charge is 0.310 e. The number of nitrogens with zero attached hydrogens (tertiary/aromatic N) is 3. The fraction of sp³-hybridized carbons (Fsp3) is 0.0233. The minimum absolute atomic E-state index is 0.488. The van der Waals surface area contributed by atoms with Crippen molar-refractivity contribution in [3.05, 3.63) is 198 Å². The summed E-state index contributed by atoms with van der Waals surface area (Å²) < 4.78 is 4.79. The smallest absolute Gasteiger partial charge is 0.173 e. The predicted octanol–water partition coefficient (Wildman–Crippen LogP) is 11.2. The molecule has 222 valence electrons. The molecule has 0 bridgehead atoms. The van der Waals surface area contributed by atoms with E-state index in [0.29, 0.717) is 0 Å². The topological polar surface area (TPSA) is 29.0 Å². The number of benzene rings is 7. The Morgan fingerprint density at radius 1 is 0.468 bits per heavy atom. The van der Waals surface area contributed by atoms with Gasteiger partial charge in [-0.1, -0.05) is 146 Å². The summed E-state index contributed by atoms with van der Waals surface area (Å²) in [6.07, 6.45) is 0. The third-order valence-corrected chi connectivity index (χ3v) is 10.1. The van der Waals surface area contributed by atoms with Gasteiger partial charge < -0.3 is 4.90 Å². The Labute approximate surface area is 278 Å². The molecule has 4 heteroatoms. The van der Waals surface area contributed by atoms with Crippen molar-refractivity contribution in [3.8, 4) is 22.0 Å². The number of hydrogen-bond acceptors (Lipinski definition) is 4. The Hall–Kier alpha value is -5.84. The minimum atomic E-state index is -0.488. The first-order valence-electron chi connectivity index (χ1n) is 15.8. The lowest BCUT2D eigenvalue weighted by Gasteiger charge is -2.46. The molecule has 0 fully saturated rings. The number of anilines is 3. The molecule has 0 atom stereocenters. The molecule has 0 unspecified atom stereocenters. The zero-order valence-electron chi connectivity index (χ0n) is 25.5. The summed E-state index contributed by atoms with van der Waals surface area (Å²) in [7, 11) is 0. The highest BCUT2D eigenvalue weighted by Gasteiger charge is 2.46. The molecule has 0 saturated heterocycles. The van der Waals surface area contributed by atoms with Crippen LogP contribution in [0.1, 0.15) is 22.3 Å². The highest BCUT2D eigenvalue weighted by atomic mass is 32.1. The van der Waals surface area contributed by atoms with Crippen molar-refractivity contribution in [1.82, 2.24) is 9.36 Å². The van der Waals surface area contributed by atoms with Gasteiger partial charge in [-0.05, 0) is 74.9 Å². The molecular formula is C43H29N3S. The molecular weight excluding hydrogens is 591 g/mol. The Morgan fingerprint density at radius 3 is 1.74 bits per heavy atom. The van der Waals surface area contributed by atoms with Crippen molar-refractivity contribution in [2.24, 2.45) is 0 Å². The highest BCUT2D eigenvalue weighted by Crippen LogP contribution is 2.57. The predicted molar refractivity (Wildman–Crippen MR) is 195 cm³/mol. The normalized spacial score (nSPS) is 13.2. The third-order valence-electron chi connectivity index (χ3n) is 9.30. The Balaban J connectivity index is 1.20. The van der Waals surface area contributed by atoms with Gasteiger partial charge in [-0.25, -0.2) is 4.98 Å². The SMILES string of the molecule is c1ccc(C2(c3ccccc3)c3ccccc3N(c3cccc(-c4nc(-c5ccc6ccccc6c5)ns4)c3)c3ccccc32)cc1. The van der Waals surface area contributed by atoms with E-state index in [-0.39, 0.29) is 0 Å². The Morgan fingerprint density at radius 2 is 1.06 bits per heavy atom. The van der Waals surface area contributed by atoms with Gasteiger partial charge in [-0.2, -0.15) is 4.37 Å². The molecule has 9 rings (SSSR count). The van der Waals surface area contributed by atoms with Crippen molar-refractivity contribution in [2.75, 3.05) is 4.90 Å². The van der Waals surface area contributed by atoms with Crippen LogP contribution in [0.2, 0.25) is 0 Å².